The van der Waals surface area contributed by atoms with Gasteiger partial charge in [0.25, 0.3) is 0 Å². The van der Waals surface area contributed by atoms with Crippen LogP contribution in [0.15, 0.2) is 0 Å². The number of hydrogen-bond donors (Lipinski definition) is 2. The van der Waals surface area contributed by atoms with Gasteiger partial charge >= 0.3 is 5.97 Å². The van der Waals surface area contributed by atoms with Crippen molar-refractivity contribution in [3.63, 3.8) is 0 Å². The molecule has 0 aromatic carbocycles. The smallest absolute Gasteiger partial charge is 0.303 e. The van der Waals surface area contributed by atoms with Gasteiger partial charge in [0.2, 0.25) is 5.91 Å². The number of nitrogens with two attached hydrogens (primary N) is 1. The number of hydrogen-bond acceptors (Lipinski definition) is 3. The molecule has 0 radical (unpaired) electrons. The SMILES string of the molecule is CC1CCCCCN1C(=O)C(N)CCC(=O)O. The third-order valence-electron chi connectivity index (χ3n) is 3.32. The van der Waals surface area contributed by atoms with E-state index in [-0.39, 0.29) is 24.8 Å². The minimum atomic E-state index is -0.905. The van der Waals surface area contributed by atoms with Crippen LogP contribution in [0.25, 0.3) is 0 Å². The molecule has 2 atom stereocenters. The first-order valence-corrected chi connectivity index (χ1v) is 6.30. The molecule has 3 N–H and O–H groups in total. The van der Waals surface area contributed by atoms with Gasteiger partial charge in [0.1, 0.15) is 0 Å². The number of nitrogens with zero attached hydrogens (tertiary/aromatic N) is 1. The molecule has 2 unspecified atom stereocenters. The Labute approximate surface area is 102 Å². The van der Waals surface area contributed by atoms with Crippen LogP contribution in [0.1, 0.15) is 45.4 Å². The van der Waals surface area contributed by atoms with Crippen LogP contribution in [0.5, 0.6) is 0 Å². The number of aliphatic carboxylic acids is 1. The van der Waals surface area contributed by atoms with Crippen molar-refractivity contribution in [1.82, 2.24) is 4.90 Å². The second kappa shape index (κ2) is 6.59. The molecule has 0 bridgehead atoms. The number of carboxylic acids is 1. The Morgan fingerprint density at radius 1 is 1.41 bits per heavy atom. The summed E-state index contributed by atoms with van der Waals surface area (Å²) in [6, 6.07) is -0.451. The summed E-state index contributed by atoms with van der Waals surface area (Å²) in [5.41, 5.74) is 5.76. The molecule has 1 fully saturated rings. The van der Waals surface area contributed by atoms with Crippen LogP contribution in [0.4, 0.5) is 0 Å². The molecule has 0 aromatic heterocycles. The van der Waals surface area contributed by atoms with E-state index in [4.69, 9.17) is 10.8 Å². The first-order chi connectivity index (χ1) is 8.02. The topological polar surface area (TPSA) is 83.6 Å². The highest BCUT2D eigenvalue weighted by molar-refractivity contribution is 5.82. The van der Waals surface area contributed by atoms with Crippen LogP contribution in [0.3, 0.4) is 0 Å². The monoisotopic (exact) mass is 242 g/mol. The predicted molar refractivity (Wildman–Crippen MR) is 64.5 cm³/mol. The maximum Gasteiger partial charge on any atom is 0.303 e. The summed E-state index contributed by atoms with van der Waals surface area (Å²) in [7, 11) is 0. The Morgan fingerprint density at radius 2 is 2.12 bits per heavy atom. The third-order valence-corrected chi connectivity index (χ3v) is 3.32. The Hall–Kier alpha value is -1.10. The predicted octanol–water partition coefficient (Wildman–Crippen LogP) is 0.970. The summed E-state index contributed by atoms with van der Waals surface area (Å²) in [5, 5.41) is 8.57. The van der Waals surface area contributed by atoms with Crippen LogP contribution in [-0.2, 0) is 9.59 Å². The Bertz CT molecular complexity index is 281. The lowest BCUT2D eigenvalue weighted by Crippen LogP contribution is -2.47. The van der Waals surface area contributed by atoms with E-state index in [1.54, 1.807) is 0 Å². The molecule has 5 heteroatoms. The van der Waals surface area contributed by atoms with E-state index in [2.05, 4.69) is 0 Å². The molecule has 0 saturated carbocycles. The van der Waals surface area contributed by atoms with Crippen LogP contribution >= 0.6 is 0 Å². The van der Waals surface area contributed by atoms with Crippen molar-refractivity contribution in [2.24, 2.45) is 5.73 Å². The molecule has 0 aliphatic carbocycles. The summed E-state index contributed by atoms with van der Waals surface area (Å²) in [4.78, 5) is 24.3. The quantitative estimate of drug-likeness (QED) is 0.769. The average molecular weight is 242 g/mol. The molecule has 17 heavy (non-hydrogen) atoms. The second-order valence-electron chi connectivity index (χ2n) is 4.77. The zero-order valence-electron chi connectivity index (χ0n) is 10.4. The first-order valence-electron chi connectivity index (χ1n) is 6.30. The lowest BCUT2D eigenvalue weighted by Gasteiger charge is -2.29. The van der Waals surface area contributed by atoms with E-state index in [1.807, 2.05) is 11.8 Å². The van der Waals surface area contributed by atoms with Gasteiger partial charge in [-0.2, -0.15) is 0 Å². The fourth-order valence-corrected chi connectivity index (χ4v) is 2.22. The Kier molecular flexibility index (Phi) is 5.41. The largest absolute Gasteiger partial charge is 0.481 e. The van der Waals surface area contributed by atoms with Gasteiger partial charge in [-0.3, -0.25) is 9.59 Å². The summed E-state index contributed by atoms with van der Waals surface area (Å²) in [6.45, 7) is 2.79. The summed E-state index contributed by atoms with van der Waals surface area (Å²) in [5.74, 6) is -1.00. The van der Waals surface area contributed by atoms with Gasteiger partial charge in [-0.05, 0) is 26.2 Å². The van der Waals surface area contributed by atoms with Crippen LogP contribution < -0.4 is 5.73 Å². The van der Waals surface area contributed by atoms with Crippen LogP contribution in [0.2, 0.25) is 0 Å². The maximum atomic E-state index is 12.1. The number of rotatable bonds is 4. The normalized spacial score (nSPS) is 22.9. The lowest BCUT2D eigenvalue weighted by atomic mass is 10.1. The number of carboxylic acid groups (broad SMARTS) is 1. The van der Waals surface area contributed by atoms with E-state index < -0.39 is 12.0 Å². The van der Waals surface area contributed by atoms with Crippen LogP contribution in [-0.4, -0.2) is 40.5 Å². The van der Waals surface area contributed by atoms with Gasteiger partial charge in [0.15, 0.2) is 0 Å². The van der Waals surface area contributed by atoms with Crippen molar-refractivity contribution in [3.05, 3.63) is 0 Å². The van der Waals surface area contributed by atoms with Gasteiger partial charge in [0.05, 0.1) is 6.04 Å². The summed E-state index contributed by atoms with van der Waals surface area (Å²) in [6.07, 6.45) is 4.50. The molecule has 1 heterocycles. The zero-order chi connectivity index (χ0) is 12.8. The molecule has 0 aromatic rings. The van der Waals surface area contributed by atoms with E-state index in [1.165, 1.54) is 0 Å². The lowest BCUT2D eigenvalue weighted by molar-refractivity contribution is -0.138. The van der Waals surface area contributed by atoms with Crippen molar-refractivity contribution >= 4 is 11.9 Å². The number of likely N-dealkylation sites (tertiary alicyclic amines) is 1. The highest BCUT2D eigenvalue weighted by atomic mass is 16.4. The minimum absolute atomic E-state index is 0.0465. The Morgan fingerprint density at radius 3 is 2.76 bits per heavy atom. The van der Waals surface area contributed by atoms with Gasteiger partial charge in [-0.15, -0.1) is 0 Å². The molecule has 1 amide bonds. The molecule has 1 aliphatic heterocycles. The molecule has 1 saturated heterocycles. The van der Waals surface area contributed by atoms with Crippen molar-refractivity contribution in [3.8, 4) is 0 Å². The summed E-state index contributed by atoms with van der Waals surface area (Å²) >= 11 is 0. The first kappa shape index (κ1) is 14.0. The second-order valence-corrected chi connectivity index (χ2v) is 4.77. The fourth-order valence-electron chi connectivity index (χ4n) is 2.22. The van der Waals surface area contributed by atoms with E-state index in [0.29, 0.717) is 0 Å². The highest BCUT2D eigenvalue weighted by Crippen LogP contribution is 2.17. The van der Waals surface area contributed by atoms with Crippen molar-refractivity contribution in [2.45, 2.75) is 57.5 Å². The number of amides is 1. The average Bonchev–Trinajstić information content (AvgIpc) is 2.49. The molecule has 98 valence electrons. The molecular formula is C12H22N2O3. The van der Waals surface area contributed by atoms with Gasteiger partial charge in [-0.1, -0.05) is 12.8 Å². The third kappa shape index (κ3) is 4.34. The summed E-state index contributed by atoms with van der Waals surface area (Å²) < 4.78 is 0. The highest BCUT2D eigenvalue weighted by Gasteiger charge is 2.26. The van der Waals surface area contributed by atoms with Crippen LogP contribution in [0, 0.1) is 0 Å². The molecule has 5 nitrogen and oxygen atoms in total. The van der Waals surface area contributed by atoms with E-state index >= 15 is 0 Å². The van der Waals surface area contributed by atoms with Crippen molar-refractivity contribution in [1.29, 1.82) is 0 Å². The minimum Gasteiger partial charge on any atom is -0.481 e. The number of carbonyl (C=O) groups is 2. The van der Waals surface area contributed by atoms with Gasteiger partial charge in [-0.25, -0.2) is 0 Å². The fraction of sp³-hybridized carbons (Fsp3) is 0.833. The van der Waals surface area contributed by atoms with E-state index in [0.717, 1.165) is 32.2 Å². The van der Waals surface area contributed by atoms with E-state index in [9.17, 15) is 9.59 Å². The van der Waals surface area contributed by atoms with Crippen molar-refractivity contribution < 1.29 is 14.7 Å². The maximum absolute atomic E-state index is 12.1. The van der Waals surface area contributed by atoms with Gasteiger partial charge < -0.3 is 15.7 Å². The molecule has 1 aliphatic rings. The zero-order valence-corrected chi connectivity index (χ0v) is 10.4. The van der Waals surface area contributed by atoms with Gasteiger partial charge in [0, 0.05) is 19.0 Å². The van der Waals surface area contributed by atoms with Crippen molar-refractivity contribution in [2.75, 3.05) is 6.54 Å². The standard InChI is InChI=1S/C12H22N2O3/c1-9-5-3-2-4-8-14(9)12(17)10(13)6-7-11(15)16/h9-10H,2-8,13H2,1H3,(H,15,16). The molecular weight excluding hydrogens is 220 g/mol. The number of carbonyl (C=O) groups excluding carboxylic acids is 1. The Balaban J connectivity index is 2.51. The molecule has 1 rings (SSSR count). The molecule has 0 spiro atoms.